The molecule has 1 fully saturated rings. The van der Waals surface area contributed by atoms with Gasteiger partial charge in [-0.1, -0.05) is 0 Å². The first-order valence-electron chi connectivity index (χ1n) is 4.26. The molecule has 0 radical (unpaired) electrons. The first-order valence-corrected chi connectivity index (χ1v) is 4.26. The van der Waals surface area contributed by atoms with Crippen LogP contribution in [0.1, 0.15) is 19.3 Å². The van der Waals surface area contributed by atoms with Gasteiger partial charge in [0, 0.05) is 5.54 Å². The second kappa shape index (κ2) is 3.31. The van der Waals surface area contributed by atoms with E-state index < -0.39 is 6.03 Å². The van der Waals surface area contributed by atoms with Crippen molar-refractivity contribution in [3.05, 3.63) is 0 Å². The van der Waals surface area contributed by atoms with Crippen LogP contribution in [-0.4, -0.2) is 37.1 Å². The lowest BCUT2D eigenvalue weighted by molar-refractivity contribution is 0.241. The molecule has 1 aliphatic carbocycles. The molecular formula is C8H17N3O. The summed E-state index contributed by atoms with van der Waals surface area (Å²) in [5, 5.41) is 2.80. The van der Waals surface area contributed by atoms with Crippen LogP contribution < -0.4 is 11.1 Å². The summed E-state index contributed by atoms with van der Waals surface area (Å²) in [7, 11) is 4.06. The Labute approximate surface area is 73.1 Å². The predicted octanol–water partition coefficient (Wildman–Crippen LogP) is 0.139. The third-order valence-electron chi connectivity index (χ3n) is 2.28. The number of amides is 2. The molecule has 0 spiro atoms. The molecule has 1 rings (SSSR count). The van der Waals surface area contributed by atoms with E-state index in [1.165, 1.54) is 0 Å². The minimum atomic E-state index is -0.397. The summed E-state index contributed by atoms with van der Waals surface area (Å²) >= 11 is 0. The van der Waals surface area contributed by atoms with Crippen molar-refractivity contribution in [2.75, 3.05) is 20.6 Å². The lowest BCUT2D eigenvalue weighted by Gasteiger charge is -2.18. The Hall–Kier alpha value is -0.770. The Morgan fingerprint density at radius 1 is 1.58 bits per heavy atom. The molecule has 0 saturated heterocycles. The summed E-state index contributed by atoms with van der Waals surface area (Å²) in [5.41, 5.74) is 5.10. The molecule has 4 heteroatoms. The molecule has 0 bridgehead atoms. The van der Waals surface area contributed by atoms with Gasteiger partial charge in [-0.25, -0.2) is 4.79 Å². The number of carbonyl (C=O) groups is 1. The Bertz CT molecular complexity index is 175. The summed E-state index contributed by atoms with van der Waals surface area (Å²) in [6, 6.07) is -0.397. The number of primary amides is 1. The van der Waals surface area contributed by atoms with Crippen molar-refractivity contribution in [1.29, 1.82) is 0 Å². The number of hydrogen-bond acceptors (Lipinski definition) is 2. The summed E-state index contributed by atoms with van der Waals surface area (Å²) in [5.74, 6) is 0. The van der Waals surface area contributed by atoms with Gasteiger partial charge in [0.05, 0.1) is 0 Å². The highest BCUT2D eigenvalue weighted by Crippen LogP contribution is 2.38. The molecule has 0 atom stereocenters. The molecule has 2 amide bonds. The summed E-state index contributed by atoms with van der Waals surface area (Å²) < 4.78 is 0. The van der Waals surface area contributed by atoms with Crippen LogP contribution in [0.2, 0.25) is 0 Å². The van der Waals surface area contributed by atoms with Gasteiger partial charge in [-0.3, -0.25) is 0 Å². The number of urea groups is 1. The SMILES string of the molecule is CN(C)CCC1(NC(N)=O)CC1. The Kier molecular flexibility index (Phi) is 2.57. The van der Waals surface area contributed by atoms with Crippen LogP contribution in [0.4, 0.5) is 4.79 Å². The highest BCUT2D eigenvalue weighted by molar-refractivity contribution is 5.73. The van der Waals surface area contributed by atoms with Crippen molar-refractivity contribution < 1.29 is 4.79 Å². The number of hydrogen-bond donors (Lipinski definition) is 2. The third kappa shape index (κ3) is 2.70. The van der Waals surface area contributed by atoms with Gasteiger partial charge < -0.3 is 16.0 Å². The first kappa shape index (κ1) is 9.32. The normalized spacial score (nSPS) is 19.2. The van der Waals surface area contributed by atoms with Crippen molar-refractivity contribution in [1.82, 2.24) is 10.2 Å². The molecule has 0 heterocycles. The molecular weight excluding hydrogens is 154 g/mol. The minimum absolute atomic E-state index is 0.0378. The standard InChI is InChI=1S/C8H17N3O/c1-11(2)6-5-8(3-4-8)10-7(9)12/h3-6H2,1-2H3,(H3,9,10,12). The van der Waals surface area contributed by atoms with Crippen LogP contribution in [0.5, 0.6) is 0 Å². The smallest absolute Gasteiger partial charge is 0.312 e. The van der Waals surface area contributed by atoms with Crippen molar-refractivity contribution in [2.45, 2.75) is 24.8 Å². The van der Waals surface area contributed by atoms with Crippen molar-refractivity contribution in [3.63, 3.8) is 0 Å². The minimum Gasteiger partial charge on any atom is -0.352 e. The summed E-state index contributed by atoms with van der Waals surface area (Å²) in [6.07, 6.45) is 3.15. The van der Waals surface area contributed by atoms with Crippen LogP contribution in [0.25, 0.3) is 0 Å². The van der Waals surface area contributed by atoms with Crippen molar-refractivity contribution in [3.8, 4) is 0 Å². The molecule has 3 N–H and O–H groups in total. The van der Waals surface area contributed by atoms with Crippen LogP contribution in [0, 0.1) is 0 Å². The van der Waals surface area contributed by atoms with E-state index in [9.17, 15) is 4.79 Å². The molecule has 0 aliphatic heterocycles. The second-order valence-corrected chi connectivity index (χ2v) is 3.82. The van der Waals surface area contributed by atoms with Crippen LogP contribution in [0.3, 0.4) is 0 Å². The largest absolute Gasteiger partial charge is 0.352 e. The topological polar surface area (TPSA) is 58.4 Å². The maximum Gasteiger partial charge on any atom is 0.312 e. The lowest BCUT2D eigenvalue weighted by Crippen LogP contribution is -2.41. The van der Waals surface area contributed by atoms with Crippen molar-refractivity contribution in [2.24, 2.45) is 5.73 Å². The fraction of sp³-hybridized carbons (Fsp3) is 0.875. The monoisotopic (exact) mass is 171 g/mol. The number of nitrogens with two attached hydrogens (primary N) is 1. The second-order valence-electron chi connectivity index (χ2n) is 3.82. The quantitative estimate of drug-likeness (QED) is 0.632. The van der Waals surface area contributed by atoms with Gasteiger partial charge in [0.2, 0.25) is 0 Å². The average molecular weight is 171 g/mol. The zero-order chi connectivity index (χ0) is 9.19. The zero-order valence-corrected chi connectivity index (χ0v) is 7.76. The number of rotatable bonds is 4. The number of nitrogens with zero attached hydrogens (tertiary/aromatic N) is 1. The van der Waals surface area contributed by atoms with Gasteiger partial charge in [-0.05, 0) is 39.9 Å². The third-order valence-corrected chi connectivity index (χ3v) is 2.28. The number of carbonyl (C=O) groups excluding carboxylic acids is 1. The predicted molar refractivity (Wildman–Crippen MR) is 47.9 cm³/mol. The highest BCUT2D eigenvalue weighted by atomic mass is 16.2. The van der Waals surface area contributed by atoms with E-state index in [-0.39, 0.29) is 5.54 Å². The van der Waals surface area contributed by atoms with E-state index in [0.717, 1.165) is 25.8 Å². The van der Waals surface area contributed by atoms with Gasteiger partial charge in [0.1, 0.15) is 0 Å². The molecule has 12 heavy (non-hydrogen) atoms. The molecule has 70 valence electrons. The molecule has 0 aromatic carbocycles. The van der Waals surface area contributed by atoms with E-state index in [1.54, 1.807) is 0 Å². The molecule has 0 aromatic rings. The van der Waals surface area contributed by atoms with Gasteiger partial charge in [-0.15, -0.1) is 0 Å². The molecule has 1 saturated carbocycles. The van der Waals surface area contributed by atoms with Crippen LogP contribution in [-0.2, 0) is 0 Å². The molecule has 0 aromatic heterocycles. The molecule has 1 aliphatic rings. The van der Waals surface area contributed by atoms with E-state index in [2.05, 4.69) is 10.2 Å². The summed E-state index contributed by atoms with van der Waals surface area (Å²) in [4.78, 5) is 12.7. The molecule has 4 nitrogen and oxygen atoms in total. The van der Waals surface area contributed by atoms with E-state index in [4.69, 9.17) is 5.73 Å². The molecule has 0 unspecified atom stereocenters. The highest BCUT2D eigenvalue weighted by Gasteiger charge is 2.42. The summed E-state index contributed by atoms with van der Waals surface area (Å²) in [6.45, 7) is 1.00. The van der Waals surface area contributed by atoms with E-state index in [0.29, 0.717) is 0 Å². The fourth-order valence-corrected chi connectivity index (χ4v) is 1.29. The van der Waals surface area contributed by atoms with Gasteiger partial charge in [0.15, 0.2) is 0 Å². The Morgan fingerprint density at radius 2 is 2.17 bits per heavy atom. The van der Waals surface area contributed by atoms with E-state index >= 15 is 0 Å². The maximum absolute atomic E-state index is 10.6. The first-order chi connectivity index (χ1) is 5.54. The fourth-order valence-electron chi connectivity index (χ4n) is 1.29. The maximum atomic E-state index is 10.6. The van der Waals surface area contributed by atoms with Gasteiger partial charge in [-0.2, -0.15) is 0 Å². The Balaban J connectivity index is 2.25. The van der Waals surface area contributed by atoms with Crippen LogP contribution >= 0.6 is 0 Å². The van der Waals surface area contributed by atoms with Gasteiger partial charge in [0.25, 0.3) is 0 Å². The van der Waals surface area contributed by atoms with Crippen molar-refractivity contribution >= 4 is 6.03 Å². The average Bonchev–Trinajstić information content (AvgIpc) is 2.64. The zero-order valence-electron chi connectivity index (χ0n) is 7.76. The Morgan fingerprint density at radius 3 is 2.50 bits per heavy atom. The van der Waals surface area contributed by atoms with Crippen LogP contribution in [0.15, 0.2) is 0 Å². The van der Waals surface area contributed by atoms with Gasteiger partial charge >= 0.3 is 6.03 Å². The lowest BCUT2D eigenvalue weighted by atomic mass is 10.2. The number of nitrogens with one attached hydrogen (secondary N) is 1. The van der Waals surface area contributed by atoms with E-state index in [1.807, 2.05) is 14.1 Å².